The average Bonchev–Trinajstić information content (AvgIpc) is 2.16. The summed E-state index contributed by atoms with van der Waals surface area (Å²) in [6, 6.07) is 8.45. The third kappa shape index (κ3) is 4.61. The third-order valence-electron chi connectivity index (χ3n) is 2.28. The molecule has 1 amide bonds. The predicted octanol–water partition coefficient (Wildman–Crippen LogP) is 1.35. The normalized spacial score (nSPS) is 12.4. The van der Waals surface area contributed by atoms with Crippen molar-refractivity contribution in [2.24, 2.45) is 5.73 Å². The van der Waals surface area contributed by atoms with Crippen LogP contribution in [-0.4, -0.2) is 11.9 Å². The molecule has 3 nitrogen and oxygen atoms in total. The Balaban J connectivity index is 2.36. The standard InChI is InChI=1S/C12H18N2O/c1-9-3-5-11(6-4-9)8-14-10(2)7-12(13)15/h3-6,10,14H,7-8H2,1-2H3,(H2,13,15). The molecule has 3 N–H and O–H groups in total. The van der Waals surface area contributed by atoms with Gasteiger partial charge in [-0.3, -0.25) is 4.79 Å². The highest BCUT2D eigenvalue weighted by Crippen LogP contribution is 2.03. The van der Waals surface area contributed by atoms with Crippen molar-refractivity contribution in [3.8, 4) is 0 Å². The highest BCUT2D eigenvalue weighted by atomic mass is 16.1. The van der Waals surface area contributed by atoms with Gasteiger partial charge in [-0.1, -0.05) is 29.8 Å². The lowest BCUT2D eigenvalue weighted by Crippen LogP contribution is -2.30. The van der Waals surface area contributed by atoms with Gasteiger partial charge in [0.2, 0.25) is 5.91 Å². The van der Waals surface area contributed by atoms with Crippen LogP contribution in [0.25, 0.3) is 0 Å². The van der Waals surface area contributed by atoms with Crippen LogP contribution in [0.4, 0.5) is 0 Å². The van der Waals surface area contributed by atoms with E-state index in [1.807, 2.05) is 6.92 Å². The second-order valence-electron chi connectivity index (χ2n) is 3.94. The Morgan fingerprint density at radius 2 is 2.00 bits per heavy atom. The van der Waals surface area contributed by atoms with Gasteiger partial charge < -0.3 is 11.1 Å². The molecule has 0 aliphatic carbocycles. The molecule has 0 bridgehead atoms. The van der Waals surface area contributed by atoms with Gasteiger partial charge >= 0.3 is 0 Å². The fraction of sp³-hybridized carbons (Fsp3) is 0.417. The van der Waals surface area contributed by atoms with Gasteiger partial charge in [0.15, 0.2) is 0 Å². The van der Waals surface area contributed by atoms with Gasteiger partial charge in [-0.2, -0.15) is 0 Å². The van der Waals surface area contributed by atoms with Gasteiger partial charge in [0.05, 0.1) is 0 Å². The smallest absolute Gasteiger partial charge is 0.218 e. The Bertz CT molecular complexity index is 319. The zero-order chi connectivity index (χ0) is 11.3. The summed E-state index contributed by atoms with van der Waals surface area (Å²) in [5.74, 6) is -0.265. The number of primary amides is 1. The fourth-order valence-electron chi connectivity index (χ4n) is 1.37. The number of nitrogens with one attached hydrogen (secondary N) is 1. The minimum Gasteiger partial charge on any atom is -0.370 e. The maximum Gasteiger partial charge on any atom is 0.218 e. The monoisotopic (exact) mass is 206 g/mol. The summed E-state index contributed by atoms with van der Waals surface area (Å²) in [5, 5.41) is 3.25. The van der Waals surface area contributed by atoms with Crippen molar-refractivity contribution in [3.63, 3.8) is 0 Å². The molecule has 0 spiro atoms. The van der Waals surface area contributed by atoms with E-state index in [4.69, 9.17) is 5.73 Å². The largest absolute Gasteiger partial charge is 0.370 e. The highest BCUT2D eigenvalue weighted by Gasteiger charge is 2.04. The van der Waals surface area contributed by atoms with Crippen LogP contribution in [0, 0.1) is 6.92 Å². The minimum atomic E-state index is -0.265. The number of aryl methyl sites for hydroxylation is 1. The quantitative estimate of drug-likeness (QED) is 0.764. The number of hydrogen-bond donors (Lipinski definition) is 2. The lowest BCUT2D eigenvalue weighted by atomic mass is 10.1. The van der Waals surface area contributed by atoms with E-state index in [0.717, 1.165) is 6.54 Å². The lowest BCUT2D eigenvalue weighted by molar-refractivity contribution is -0.118. The van der Waals surface area contributed by atoms with Gasteiger partial charge in [0.1, 0.15) is 0 Å². The Morgan fingerprint density at radius 1 is 1.40 bits per heavy atom. The van der Waals surface area contributed by atoms with E-state index in [2.05, 4.69) is 36.5 Å². The van der Waals surface area contributed by atoms with Gasteiger partial charge in [-0.25, -0.2) is 0 Å². The summed E-state index contributed by atoms with van der Waals surface area (Å²) in [5.41, 5.74) is 7.58. The number of amides is 1. The average molecular weight is 206 g/mol. The van der Waals surface area contributed by atoms with E-state index in [1.54, 1.807) is 0 Å². The van der Waals surface area contributed by atoms with E-state index in [9.17, 15) is 4.79 Å². The van der Waals surface area contributed by atoms with Crippen molar-refractivity contribution in [1.29, 1.82) is 0 Å². The van der Waals surface area contributed by atoms with E-state index < -0.39 is 0 Å². The van der Waals surface area contributed by atoms with Crippen molar-refractivity contribution < 1.29 is 4.79 Å². The molecule has 1 atom stereocenters. The van der Waals surface area contributed by atoms with Crippen LogP contribution in [0.15, 0.2) is 24.3 Å². The van der Waals surface area contributed by atoms with E-state index >= 15 is 0 Å². The van der Waals surface area contributed by atoms with Gasteiger partial charge in [-0.15, -0.1) is 0 Å². The molecular formula is C12H18N2O. The summed E-state index contributed by atoms with van der Waals surface area (Å²) in [4.78, 5) is 10.6. The molecule has 0 aromatic heterocycles. The molecule has 0 saturated heterocycles. The SMILES string of the molecule is Cc1ccc(CNC(C)CC(N)=O)cc1. The Labute approximate surface area is 90.7 Å². The minimum absolute atomic E-state index is 0.129. The molecule has 1 aromatic rings. The summed E-state index contributed by atoms with van der Waals surface area (Å²) in [6.45, 7) is 4.79. The first kappa shape index (κ1) is 11.7. The van der Waals surface area contributed by atoms with Crippen LogP contribution in [0.1, 0.15) is 24.5 Å². The molecule has 1 aromatic carbocycles. The van der Waals surface area contributed by atoms with Crippen LogP contribution >= 0.6 is 0 Å². The maximum absolute atomic E-state index is 10.6. The first-order valence-corrected chi connectivity index (χ1v) is 5.15. The molecular weight excluding hydrogens is 188 g/mol. The van der Waals surface area contributed by atoms with Crippen LogP contribution < -0.4 is 11.1 Å². The van der Waals surface area contributed by atoms with Crippen molar-refractivity contribution in [2.75, 3.05) is 0 Å². The molecule has 15 heavy (non-hydrogen) atoms. The first-order valence-electron chi connectivity index (χ1n) is 5.15. The number of benzene rings is 1. The first-order chi connectivity index (χ1) is 7.08. The van der Waals surface area contributed by atoms with Crippen LogP contribution in [0.3, 0.4) is 0 Å². The summed E-state index contributed by atoms with van der Waals surface area (Å²) >= 11 is 0. The zero-order valence-corrected chi connectivity index (χ0v) is 9.29. The molecule has 0 saturated carbocycles. The summed E-state index contributed by atoms with van der Waals surface area (Å²) in [6.07, 6.45) is 0.381. The van der Waals surface area contributed by atoms with Crippen molar-refractivity contribution >= 4 is 5.91 Å². The van der Waals surface area contributed by atoms with Gasteiger partial charge in [0, 0.05) is 19.0 Å². The van der Waals surface area contributed by atoms with Gasteiger partial charge in [0.25, 0.3) is 0 Å². The van der Waals surface area contributed by atoms with Crippen molar-refractivity contribution in [2.45, 2.75) is 32.9 Å². The van der Waals surface area contributed by atoms with E-state index in [0.29, 0.717) is 6.42 Å². The number of rotatable bonds is 5. The van der Waals surface area contributed by atoms with E-state index in [-0.39, 0.29) is 11.9 Å². The molecule has 0 aliphatic heterocycles. The molecule has 1 rings (SSSR count). The molecule has 0 aliphatic rings. The molecule has 0 heterocycles. The third-order valence-corrected chi connectivity index (χ3v) is 2.28. The fourth-order valence-corrected chi connectivity index (χ4v) is 1.37. The molecule has 1 unspecified atom stereocenters. The summed E-state index contributed by atoms with van der Waals surface area (Å²) < 4.78 is 0. The second-order valence-corrected chi connectivity index (χ2v) is 3.94. The van der Waals surface area contributed by atoms with Gasteiger partial charge in [-0.05, 0) is 19.4 Å². The Morgan fingerprint density at radius 3 is 2.53 bits per heavy atom. The second kappa shape index (κ2) is 5.51. The predicted molar refractivity (Wildman–Crippen MR) is 61.3 cm³/mol. The van der Waals surface area contributed by atoms with Crippen molar-refractivity contribution in [3.05, 3.63) is 35.4 Å². The number of carbonyl (C=O) groups is 1. The zero-order valence-electron chi connectivity index (χ0n) is 9.29. The topological polar surface area (TPSA) is 55.1 Å². The maximum atomic E-state index is 10.6. The lowest BCUT2D eigenvalue weighted by Gasteiger charge is -2.11. The molecule has 3 heteroatoms. The van der Waals surface area contributed by atoms with Crippen LogP contribution in [0.2, 0.25) is 0 Å². The van der Waals surface area contributed by atoms with Crippen LogP contribution in [-0.2, 0) is 11.3 Å². The Kier molecular flexibility index (Phi) is 4.31. The Hall–Kier alpha value is -1.35. The molecule has 0 radical (unpaired) electrons. The van der Waals surface area contributed by atoms with Crippen LogP contribution in [0.5, 0.6) is 0 Å². The number of nitrogens with two attached hydrogens (primary N) is 1. The van der Waals surface area contributed by atoms with Crippen molar-refractivity contribution in [1.82, 2.24) is 5.32 Å². The molecule has 0 fully saturated rings. The van der Waals surface area contributed by atoms with E-state index in [1.165, 1.54) is 11.1 Å². The molecule has 82 valence electrons. The number of carbonyl (C=O) groups excluding carboxylic acids is 1. The highest BCUT2D eigenvalue weighted by molar-refractivity contribution is 5.74. The number of hydrogen-bond acceptors (Lipinski definition) is 2. The summed E-state index contributed by atoms with van der Waals surface area (Å²) in [7, 11) is 0.